The Balaban J connectivity index is 1.92. The number of carbonyl (C=O) groups excluding carboxylic acids is 1. The summed E-state index contributed by atoms with van der Waals surface area (Å²) in [6, 6.07) is 12.7. The third-order valence-electron chi connectivity index (χ3n) is 4.90. The predicted octanol–water partition coefficient (Wildman–Crippen LogP) is 3.08. The van der Waals surface area contributed by atoms with E-state index in [-0.39, 0.29) is 17.5 Å². The molecule has 1 heterocycles. The first-order valence-corrected chi connectivity index (χ1v) is 9.63. The minimum atomic E-state index is -0.385. The smallest absolute Gasteiger partial charge is 0.340 e. The van der Waals surface area contributed by atoms with Crippen molar-refractivity contribution in [1.29, 1.82) is 0 Å². The van der Waals surface area contributed by atoms with Gasteiger partial charge in [-0.3, -0.25) is 0 Å². The molecule has 0 bridgehead atoms. The van der Waals surface area contributed by atoms with Gasteiger partial charge in [-0.15, -0.1) is 0 Å². The molecule has 0 aliphatic rings. The first-order chi connectivity index (χ1) is 13.9. The number of nitrogens with one attached hydrogen (secondary N) is 1. The van der Waals surface area contributed by atoms with E-state index >= 15 is 0 Å². The highest BCUT2D eigenvalue weighted by atomic mass is 19.1. The van der Waals surface area contributed by atoms with Gasteiger partial charge in [0, 0.05) is 10.9 Å². The van der Waals surface area contributed by atoms with E-state index in [1.54, 1.807) is 13.0 Å². The van der Waals surface area contributed by atoms with Crippen LogP contribution in [0.1, 0.15) is 34.1 Å². The molecule has 0 amide bonds. The second kappa shape index (κ2) is 9.01. The lowest BCUT2D eigenvalue weighted by Gasteiger charge is -2.18. The van der Waals surface area contributed by atoms with Crippen molar-refractivity contribution >= 4 is 16.9 Å². The van der Waals surface area contributed by atoms with Crippen molar-refractivity contribution in [2.24, 2.45) is 0 Å². The van der Waals surface area contributed by atoms with Crippen molar-refractivity contribution in [1.82, 2.24) is 4.98 Å². The van der Waals surface area contributed by atoms with Crippen molar-refractivity contribution in [3.8, 4) is 5.75 Å². The number of esters is 1. The SMILES string of the molecule is CCOC(=O)c1c(C[NH+](C)Cc2ccc(OC)c(F)c2)nc2ccccc2c1C. The summed E-state index contributed by atoms with van der Waals surface area (Å²) < 4.78 is 24.3. The number of ether oxygens (including phenoxy) is 2. The van der Waals surface area contributed by atoms with Gasteiger partial charge in [0.25, 0.3) is 0 Å². The quantitative estimate of drug-likeness (QED) is 0.623. The van der Waals surface area contributed by atoms with Gasteiger partial charge in [-0.25, -0.2) is 14.2 Å². The van der Waals surface area contributed by atoms with Crippen LogP contribution in [0.2, 0.25) is 0 Å². The van der Waals surface area contributed by atoms with Crippen LogP contribution in [0.3, 0.4) is 0 Å². The molecule has 29 heavy (non-hydrogen) atoms. The Kier molecular flexibility index (Phi) is 6.44. The van der Waals surface area contributed by atoms with Crippen molar-refractivity contribution in [2.75, 3.05) is 20.8 Å². The van der Waals surface area contributed by atoms with Crippen LogP contribution in [0.15, 0.2) is 42.5 Å². The second-order valence-corrected chi connectivity index (χ2v) is 7.08. The van der Waals surface area contributed by atoms with Crippen molar-refractivity contribution < 1.29 is 23.6 Å². The lowest BCUT2D eigenvalue weighted by molar-refractivity contribution is -0.908. The van der Waals surface area contributed by atoms with Crippen LogP contribution in [0.4, 0.5) is 4.39 Å². The van der Waals surface area contributed by atoms with Gasteiger partial charge >= 0.3 is 5.97 Å². The van der Waals surface area contributed by atoms with Gasteiger partial charge in [0.05, 0.1) is 31.8 Å². The van der Waals surface area contributed by atoms with Crippen molar-refractivity contribution in [3.63, 3.8) is 0 Å². The monoisotopic (exact) mass is 397 g/mol. The van der Waals surface area contributed by atoms with E-state index in [9.17, 15) is 9.18 Å². The lowest BCUT2D eigenvalue weighted by Crippen LogP contribution is -3.06. The number of halogens is 1. The number of methoxy groups -OCH3 is 1. The molecule has 2 aromatic carbocycles. The molecular formula is C23H26FN2O3+. The van der Waals surface area contributed by atoms with E-state index in [2.05, 4.69) is 0 Å². The molecule has 1 atom stereocenters. The number of fused-ring (bicyclic) bond motifs is 1. The topological polar surface area (TPSA) is 52.9 Å². The first kappa shape index (κ1) is 20.7. The fourth-order valence-corrected chi connectivity index (χ4v) is 3.56. The number of benzene rings is 2. The summed E-state index contributed by atoms with van der Waals surface area (Å²) in [4.78, 5) is 18.5. The molecule has 1 unspecified atom stereocenters. The van der Waals surface area contributed by atoms with Crippen LogP contribution in [0, 0.1) is 12.7 Å². The average molecular weight is 397 g/mol. The van der Waals surface area contributed by atoms with E-state index in [0.717, 1.165) is 26.9 Å². The summed E-state index contributed by atoms with van der Waals surface area (Å²) in [6.07, 6.45) is 0. The zero-order chi connectivity index (χ0) is 21.0. The maximum atomic E-state index is 14.0. The molecule has 0 fully saturated rings. The van der Waals surface area contributed by atoms with Crippen LogP contribution < -0.4 is 9.64 Å². The number of hydrogen-bond donors (Lipinski definition) is 1. The number of aromatic nitrogens is 1. The molecule has 5 nitrogen and oxygen atoms in total. The minimum Gasteiger partial charge on any atom is -0.494 e. The molecule has 3 aromatic rings. The number of carbonyl (C=O) groups is 1. The third-order valence-corrected chi connectivity index (χ3v) is 4.90. The first-order valence-electron chi connectivity index (χ1n) is 9.63. The van der Waals surface area contributed by atoms with E-state index in [1.807, 2.05) is 44.3 Å². The molecule has 0 aliphatic carbocycles. The molecule has 0 saturated carbocycles. The van der Waals surface area contributed by atoms with Crippen LogP contribution in [0.25, 0.3) is 10.9 Å². The number of quaternary nitrogens is 1. The molecule has 1 N–H and O–H groups in total. The zero-order valence-electron chi connectivity index (χ0n) is 17.2. The normalized spacial score (nSPS) is 12.0. The third kappa shape index (κ3) is 4.54. The highest BCUT2D eigenvalue weighted by molar-refractivity contribution is 5.98. The molecule has 3 rings (SSSR count). The number of aryl methyl sites for hydroxylation is 1. The average Bonchev–Trinajstić information content (AvgIpc) is 2.68. The molecule has 0 saturated heterocycles. The van der Waals surface area contributed by atoms with Gasteiger partial charge in [-0.1, -0.05) is 18.2 Å². The minimum absolute atomic E-state index is 0.225. The van der Waals surface area contributed by atoms with Gasteiger partial charge in [-0.05, 0) is 43.7 Å². The fourth-order valence-electron chi connectivity index (χ4n) is 3.56. The summed E-state index contributed by atoms with van der Waals surface area (Å²) in [6.45, 7) is 5.10. The number of nitrogens with zero attached hydrogens (tertiary/aromatic N) is 1. The maximum absolute atomic E-state index is 14.0. The van der Waals surface area contributed by atoms with Gasteiger partial charge in [-0.2, -0.15) is 0 Å². The van der Waals surface area contributed by atoms with Gasteiger partial charge in [0.2, 0.25) is 0 Å². The van der Waals surface area contributed by atoms with E-state index in [0.29, 0.717) is 31.0 Å². The molecular weight excluding hydrogens is 371 g/mol. The van der Waals surface area contributed by atoms with Gasteiger partial charge in [0.15, 0.2) is 11.6 Å². The highest BCUT2D eigenvalue weighted by Gasteiger charge is 2.22. The van der Waals surface area contributed by atoms with E-state index in [4.69, 9.17) is 14.5 Å². The van der Waals surface area contributed by atoms with Gasteiger partial charge < -0.3 is 14.4 Å². The Labute approximate surface area is 170 Å². The number of para-hydroxylation sites is 1. The molecule has 1 aromatic heterocycles. The maximum Gasteiger partial charge on any atom is 0.340 e. The summed E-state index contributed by atoms with van der Waals surface area (Å²) in [5.74, 6) is -0.519. The van der Waals surface area contributed by atoms with Crippen molar-refractivity contribution in [2.45, 2.75) is 26.9 Å². The Hall–Kier alpha value is -2.99. The summed E-state index contributed by atoms with van der Waals surface area (Å²) in [5, 5.41) is 0.939. The number of rotatable bonds is 7. The second-order valence-electron chi connectivity index (χ2n) is 7.08. The summed E-state index contributed by atoms with van der Waals surface area (Å²) in [5.41, 5.74) is 3.76. The van der Waals surface area contributed by atoms with Crippen LogP contribution in [-0.2, 0) is 17.8 Å². The fraction of sp³-hybridized carbons (Fsp3) is 0.304. The lowest BCUT2D eigenvalue weighted by atomic mass is 10.0. The van der Waals surface area contributed by atoms with Crippen LogP contribution in [0.5, 0.6) is 5.75 Å². The molecule has 0 spiro atoms. The van der Waals surface area contributed by atoms with E-state index < -0.39 is 0 Å². The Bertz CT molecular complexity index is 1040. The molecule has 152 valence electrons. The van der Waals surface area contributed by atoms with Crippen molar-refractivity contribution in [3.05, 3.63) is 70.7 Å². The summed E-state index contributed by atoms with van der Waals surface area (Å²) in [7, 11) is 3.43. The molecule has 6 heteroatoms. The van der Waals surface area contributed by atoms with Crippen LogP contribution in [-0.4, -0.2) is 31.7 Å². The zero-order valence-corrected chi connectivity index (χ0v) is 17.2. The van der Waals surface area contributed by atoms with Crippen LogP contribution >= 0.6 is 0 Å². The van der Waals surface area contributed by atoms with Gasteiger partial charge in [0.1, 0.15) is 18.8 Å². The highest BCUT2D eigenvalue weighted by Crippen LogP contribution is 2.23. The van der Waals surface area contributed by atoms with E-state index in [1.165, 1.54) is 13.2 Å². The predicted molar refractivity (Wildman–Crippen MR) is 110 cm³/mol. The summed E-state index contributed by atoms with van der Waals surface area (Å²) >= 11 is 0. The number of pyridine rings is 1. The largest absolute Gasteiger partial charge is 0.494 e. The molecule has 0 radical (unpaired) electrons. The standard InChI is InChI=1S/C23H25FN2O3/c1-5-29-23(27)22-15(2)17-8-6-7-9-19(17)25-20(22)14-26(3)13-16-10-11-21(28-4)18(24)12-16/h6-12H,5,13-14H2,1-4H3/p+1. The molecule has 0 aliphatic heterocycles. The Morgan fingerprint density at radius 3 is 2.62 bits per heavy atom. The Morgan fingerprint density at radius 1 is 1.17 bits per heavy atom. The number of hydrogen-bond acceptors (Lipinski definition) is 4. The Morgan fingerprint density at radius 2 is 1.93 bits per heavy atom.